The molecular formula is C24H27N3O2. The van der Waals surface area contributed by atoms with Crippen molar-refractivity contribution >= 4 is 22.7 Å². The van der Waals surface area contributed by atoms with Gasteiger partial charge in [0.25, 0.3) is 0 Å². The van der Waals surface area contributed by atoms with Crippen molar-refractivity contribution in [1.29, 1.82) is 0 Å². The van der Waals surface area contributed by atoms with E-state index in [-0.39, 0.29) is 18.1 Å². The molecule has 0 radical (unpaired) electrons. The summed E-state index contributed by atoms with van der Waals surface area (Å²) in [6.07, 6.45) is 2.56. The van der Waals surface area contributed by atoms with E-state index in [0.717, 1.165) is 43.8 Å². The van der Waals surface area contributed by atoms with Gasteiger partial charge in [0, 0.05) is 38.0 Å². The molecule has 0 saturated carbocycles. The lowest BCUT2D eigenvalue weighted by molar-refractivity contribution is -0.132. The Balaban J connectivity index is 1.28. The monoisotopic (exact) mass is 389 g/mol. The Labute approximate surface area is 171 Å². The third kappa shape index (κ3) is 4.39. The average Bonchev–Trinajstić information content (AvgIpc) is 3.08. The number of fused-ring (bicyclic) bond motifs is 1. The van der Waals surface area contributed by atoms with Gasteiger partial charge >= 0.3 is 0 Å². The number of benzene rings is 2. The fourth-order valence-electron chi connectivity index (χ4n) is 4.20. The summed E-state index contributed by atoms with van der Waals surface area (Å²) < 4.78 is 2.30. The predicted octanol–water partition coefficient (Wildman–Crippen LogP) is 4.25. The van der Waals surface area contributed by atoms with E-state index < -0.39 is 0 Å². The molecule has 2 aromatic carbocycles. The summed E-state index contributed by atoms with van der Waals surface area (Å²) in [6.45, 7) is 4.55. The average molecular weight is 389 g/mol. The van der Waals surface area contributed by atoms with E-state index in [1.165, 1.54) is 5.52 Å². The molecule has 0 spiro atoms. The van der Waals surface area contributed by atoms with Gasteiger partial charge in [0.05, 0.1) is 11.0 Å². The van der Waals surface area contributed by atoms with E-state index in [4.69, 9.17) is 0 Å². The van der Waals surface area contributed by atoms with Gasteiger partial charge in [-0.2, -0.15) is 0 Å². The van der Waals surface area contributed by atoms with Crippen molar-refractivity contribution in [3.63, 3.8) is 0 Å². The zero-order chi connectivity index (χ0) is 20.2. The van der Waals surface area contributed by atoms with Crippen LogP contribution >= 0.6 is 0 Å². The highest BCUT2D eigenvalue weighted by molar-refractivity contribution is 5.97. The first kappa shape index (κ1) is 19.4. The minimum Gasteiger partial charge on any atom is -0.343 e. The summed E-state index contributed by atoms with van der Waals surface area (Å²) >= 11 is 0. The number of aryl methyl sites for hydroxylation is 1. The van der Waals surface area contributed by atoms with Crippen molar-refractivity contribution in [3.05, 3.63) is 66.0 Å². The molecule has 0 unspecified atom stereocenters. The van der Waals surface area contributed by atoms with Crippen LogP contribution in [-0.2, 0) is 11.3 Å². The number of imidazole rings is 1. The van der Waals surface area contributed by atoms with Crippen LogP contribution < -0.4 is 0 Å². The van der Waals surface area contributed by atoms with Crippen LogP contribution in [0.3, 0.4) is 0 Å². The van der Waals surface area contributed by atoms with Crippen molar-refractivity contribution in [2.75, 3.05) is 13.1 Å². The van der Waals surface area contributed by atoms with Crippen LogP contribution in [0, 0.1) is 12.8 Å². The van der Waals surface area contributed by atoms with Gasteiger partial charge in [-0.1, -0.05) is 42.5 Å². The van der Waals surface area contributed by atoms with E-state index in [1.54, 1.807) is 12.1 Å². The molecule has 0 atom stereocenters. The number of hydrogen-bond donors (Lipinski definition) is 0. The van der Waals surface area contributed by atoms with Gasteiger partial charge in [0.1, 0.15) is 5.82 Å². The van der Waals surface area contributed by atoms with E-state index in [1.807, 2.05) is 29.2 Å². The standard InChI is InChI=1S/C24H27N3O2/c1-18-25-21-9-5-6-10-22(21)27(18)17-19-13-15-26(16-14-19)24(29)12-11-23(28)20-7-3-2-4-8-20/h2-10,19H,11-17H2,1H3. The lowest BCUT2D eigenvalue weighted by Crippen LogP contribution is -2.39. The van der Waals surface area contributed by atoms with E-state index in [2.05, 4.69) is 34.7 Å². The van der Waals surface area contributed by atoms with E-state index >= 15 is 0 Å². The Bertz CT molecular complexity index is 1000. The molecule has 5 nitrogen and oxygen atoms in total. The highest BCUT2D eigenvalue weighted by Gasteiger charge is 2.24. The second kappa shape index (κ2) is 8.60. The lowest BCUT2D eigenvalue weighted by atomic mass is 9.96. The summed E-state index contributed by atoms with van der Waals surface area (Å²) in [5, 5.41) is 0. The lowest BCUT2D eigenvalue weighted by Gasteiger charge is -2.32. The molecule has 0 bridgehead atoms. The Morgan fingerprint density at radius 2 is 1.66 bits per heavy atom. The first-order chi connectivity index (χ1) is 14.1. The van der Waals surface area contributed by atoms with Gasteiger partial charge in [-0.3, -0.25) is 9.59 Å². The van der Waals surface area contributed by atoms with Crippen LogP contribution in [0.4, 0.5) is 0 Å². The first-order valence-electron chi connectivity index (χ1n) is 10.4. The Hall–Kier alpha value is -2.95. The van der Waals surface area contributed by atoms with Gasteiger partial charge in [-0.25, -0.2) is 4.98 Å². The maximum atomic E-state index is 12.5. The molecule has 0 aliphatic carbocycles. The van der Waals surface area contributed by atoms with E-state index in [0.29, 0.717) is 17.9 Å². The van der Waals surface area contributed by atoms with Crippen molar-refractivity contribution < 1.29 is 9.59 Å². The molecular weight excluding hydrogens is 362 g/mol. The van der Waals surface area contributed by atoms with Gasteiger partial charge in [-0.05, 0) is 37.8 Å². The third-order valence-electron chi connectivity index (χ3n) is 5.92. The predicted molar refractivity (Wildman–Crippen MR) is 114 cm³/mol. The molecule has 3 aromatic rings. The summed E-state index contributed by atoms with van der Waals surface area (Å²) in [4.78, 5) is 31.3. The molecule has 1 aliphatic heterocycles. The maximum absolute atomic E-state index is 12.5. The van der Waals surface area contributed by atoms with Crippen LogP contribution in [0.5, 0.6) is 0 Å². The van der Waals surface area contributed by atoms with Crippen LogP contribution in [-0.4, -0.2) is 39.2 Å². The van der Waals surface area contributed by atoms with Crippen molar-refractivity contribution in [2.24, 2.45) is 5.92 Å². The fourth-order valence-corrected chi connectivity index (χ4v) is 4.20. The number of carbonyl (C=O) groups excluding carboxylic acids is 2. The van der Waals surface area contributed by atoms with Crippen LogP contribution in [0.2, 0.25) is 0 Å². The Kier molecular flexibility index (Phi) is 5.74. The highest BCUT2D eigenvalue weighted by Crippen LogP contribution is 2.24. The second-order valence-electron chi connectivity index (χ2n) is 7.87. The normalized spacial score (nSPS) is 15.0. The highest BCUT2D eigenvalue weighted by atomic mass is 16.2. The molecule has 29 heavy (non-hydrogen) atoms. The molecule has 4 rings (SSSR count). The van der Waals surface area contributed by atoms with Crippen molar-refractivity contribution in [3.8, 4) is 0 Å². The number of amides is 1. The summed E-state index contributed by atoms with van der Waals surface area (Å²) in [7, 11) is 0. The van der Waals surface area contributed by atoms with Crippen LogP contribution in [0.25, 0.3) is 11.0 Å². The first-order valence-corrected chi connectivity index (χ1v) is 10.4. The summed E-state index contributed by atoms with van der Waals surface area (Å²) in [5.41, 5.74) is 2.91. The zero-order valence-electron chi connectivity index (χ0n) is 16.9. The minimum atomic E-state index is 0.0382. The number of piperidine rings is 1. The number of hydrogen-bond acceptors (Lipinski definition) is 3. The van der Waals surface area contributed by atoms with E-state index in [9.17, 15) is 9.59 Å². The van der Waals surface area contributed by atoms with Gasteiger partial charge in [-0.15, -0.1) is 0 Å². The van der Waals surface area contributed by atoms with Crippen molar-refractivity contribution in [1.82, 2.24) is 14.5 Å². The number of aromatic nitrogens is 2. The molecule has 1 aromatic heterocycles. The topological polar surface area (TPSA) is 55.2 Å². The van der Waals surface area contributed by atoms with Crippen molar-refractivity contribution in [2.45, 2.75) is 39.2 Å². The largest absolute Gasteiger partial charge is 0.343 e. The smallest absolute Gasteiger partial charge is 0.223 e. The molecule has 1 saturated heterocycles. The molecule has 0 N–H and O–H groups in total. The van der Waals surface area contributed by atoms with Gasteiger partial charge < -0.3 is 9.47 Å². The number of rotatable bonds is 6. The van der Waals surface area contributed by atoms with Gasteiger partial charge in [0.15, 0.2) is 5.78 Å². The van der Waals surface area contributed by atoms with Gasteiger partial charge in [0.2, 0.25) is 5.91 Å². The quantitative estimate of drug-likeness (QED) is 0.592. The number of likely N-dealkylation sites (tertiary alicyclic amines) is 1. The molecule has 1 fully saturated rings. The molecule has 1 aliphatic rings. The summed E-state index contributed by atoms with van der Waals surface area (Å²) in [6, 6.07) is 17.5. The number of Topliss-reactive ketones (excluding diaryl/α,β-unsaturated/α-hetero) is 1. The molecule has 5 heteroatoms. The number of para-hydroxylation sites is 2. The number of nitrogens with zero attached hydrogens (tertiary/aromatic N) is 3. The van der Waals surface area contributed by atoms with Crippen LogP contribution in [0.15, 0.2) is 54.6 Å². The second-order valence-corrected chi connectivity index (χ2v) is 7.87. The maximum Gasteiger partial charge on any atom is 0.223 e. The zero-order valence-corrected chi connectivity index (χ0v) is 16.9. The fraction of sp³-hybridized carbons (Fsp3) is 0.375. The Morgan fingerprint density at radius 1 is 0.966 bits per heavy atom. The third-order valence-corrected chi connectivity index (χ3v) is 5.92. The molecule has 2 heterocycles. The van der Waals surface area contributed by atoms with Crippen LogP contribution in [0.1, 0.15) is 41.9 Å². The summed E-state index contributed by atoms with van der Waals surface area (Å²) in [5.74, 6) is 1.72. The molecule has 1 amide bonds. The molecule has 150 valence electrons. The SMILES string of the molecule is Cc1nc2ccccc2n1CC1CCN(C(=O)CCC(=O)c2ccccc2)CC1. The number of ketones is 1. The minimum absolute atomic E-state index is 0.0382. The number of carbonyl (C=O) groups is 2. The Morgan fingerprint density at radius 3 is 2.41 bits per heavy atom.